The van der Waals surface area contributed by atoms with Gasteiger partial charge in [0.15, 0.2) is 0 Å². The maximum atomic E-state index is 16.0. The first-order valence-corrected chi connectivity index (χ1v) is 14.9. The third-order valence-electron chi connectivity index (χ3n) is 7.99. The van der Waals surface area contributed by atoms with Crippen molar-refractivity contribution >= 4 is 18.0 Å². The fraction of sp³-hybridized carbons (Fsp3) is 0.531. The van der Waals surface area contributed by atoms with Gasteiger partial charge in [-0.25, -0.2) is 14.6 Å². The number of esters is 2. The van der Waals surface area contributed by atoms with Gasteiger partial charge in [-0.1, -0.05) is 74.9 Å². The van der Waals surface area contributed by atoms with Gasteiger partial charge in [0.25, 0.3) is 12.3 Å². The number of nitrogens with one attached hydrogen (secondary N) is 1. The molecule has 0 amide bonds. The molecule has 8 nitrogen and oxygen atoms in total. The lowest BCUT2D eigenvalue weighted by Gasteiger charge is -2.28. The molecule has 0 unspecified atom stereocenters. The Morgan fingerprint density at radius 1 is 0.810 bits per heavy atom. The Kier molecular flexibility index (Phi) is 10.0. The Bertz CT molecular complexity index is 1200. The molecule has 42 heavy (non-hydrogen) atoms. The number of ether oxygens (including phenoxy) is 4. The summed E-state index contributed by atoms with van der Waals surface area (Å²) < 4.78 is 54.2. The molecule has 10 heteroatoms. The smallest absolute Gasteiger partial charge is 0.347 e. The highest BCUT2D eigenvalue weighted by Crippen LogP contribution is 2.40. The molecule has 0 spiro atoms. The van der Waals surface area contributed by atoms with Crippen LogP contribution in [0.4, 0.5) is 8.78 Å². The van der Waals surface area contributed by atoms with Crippen molar-refractivity contribution in [3.05, 3.63) is 71.8 Å². The van der Waals surface area contributed by atoms with Crippen LogP contribution in [-0.4, -0.2) is 61.1 Å². The average Bonchev–Trinajstić information content (AvgIpc) is 3.25. The summed E-state index contributed by atoms with van der Waals surface area (Å²) in [5.41, 5.74) is 0.364. The van der Waals surface area contributed by atoms with Crippen LogP contribution >= 0.6 is 0 Å². The highest BCUT2D eigenvalue weighted by Gasteiger charge is 2.63. The quantitative estimate of drug-likeness (QED) is 0.229. The molecule has 2 aromatic carbocycles. The summed E-state index contributed by atoms with van der Waals surface area (Å²) in [6, 6.07) is 16.1. The van der Waals surface area contributed by atoms with Gasteiger partial charge in [-0.2, -0.15) is 8.78 Å². The average molecular weight is 585 g/mol. The van der Waals surface area contributed by atoms with E-state index in [-0.39, 0.29) is 29.2 Å². The second-order valence-corrected chi connectivity index (χ2v) is 11.2. The molecule has 1 N–H and O–H groups in total. The number of amidine groups is 1. The molecule has 2 saturated carbocycles. The van der Waals surface area contributed by atoms with Crippen molar-refractivity contribution < 1.29 is 37.3 Å². The number of hydrogen-bond donors (Lipinski definition) is 1. The fourth-order valence-electron chi connectivity index (χ4n) is 5.66. The summed E-state index contributed by atoms with van der Waals surface area (Å²) in [5.74, 6) is -5.42. The van der Waals surface area contributed by atoms with Crippen molar-refractivity contribution in [1.29, 1.82) is 0 Å². The summed E-state index contributed by atoms with van der Waals surface area (Å²) in [7, 11) is 0. The van der Waals surface area contributed by atoms with Crippen LogP contribution in [0.5, 0.6) is 0 Å². The van der Waals surface area contributed by atoms with E-state index < -0.39 is 43.0 Å². The highest BCUT2D eigenvalue weighted by molar-refractivity contribution is 5.90. The molecule has 0 aromatic heterocycles. The molecule has 1 heterocycles. The molecule has 0 bridgehead atoms. The lowest BCUT2D eigenvalue weighted by atomic mass is 9.95. The van der Waals surface area contributed by atoms with Crippen LogP contribution in [0.15, 0.2) is 65.7 Å². The maximum Gasteiger partial charge on any atom is 0.347 e. The van der Waals surface area contributed by atoms with Crippen LogP contribution in [0.3, 0.4) is 0 Å². The molecule has 226 valence electrons. The molecular formula is C32H38F2N2O6. The van der Waals surface area contributed by atoms with E-state index in [4.69, 9.17) is 23.9 Å². The van der Waals surface area contributed by atoms with Crippen LogP contribution in [0.25, 0.3) is 0 Å². The minimum absolute atomic E-state index is 0.0218. The van der Waals surface area contributed by atoms with Crippen LogP contribution < -0.4 is 5.32 Å². The Hall–Kier alpha value is -3.53. The predicted octanol–water partition coefficient (Wildman–Crippen LogP) is 6.06. The Morgan fingerprint density at radius 2 is 1.38 bits per heavy atom. The Balaban J connectivity index is 1.35. The van der Waals surface area contributed by atoms with Crippen molar-refractivity contribution in [3.8, 4) is 0 Å². The standard InChI is InChI=1S/C32H38F2N2O6/c33-32(34)27(41-29(38)23-15-7-2-8-16-23)26(21-39-28(37)22-13-5-1-6-14-22)40-30(32)42-31(35-24-17-9-3-10-18-24)36-25-19-11-4-12-20-25/h1-2,5-8,13-16,24-27,30H,3-4,9-12,17-21H2,(H,35,36)/t26-,27+,30-/m1/s1. The predicted molar refractivity (Wildman–Crippen MR) is 151 cm³/mol. The van der Waals surface area contributed by atoms with Crippen molar-refractivity contribution in [2.24, 2.45) is 4.99 Å². The van der Waals surface area contributed by atoms with Crippen molar-refractivity contribution in [3.63, 3.8) is 0 Å². The molecular weight excluding hydrogens is 546 g/mol. The summed E-state index contributed by atoms with van der Waals surface area (Å²) in [5, 5.41) is 3.26. The summed E-state index contributed by atoms with van der Waals surface area (Å²) >= 11 is 0. The van der Waals surface area contributed by atoms with E-state index in [0.717, 1.165) is 64.2 Å². The molecule has 0 radical (unpaired) electrons. The van der Waals surface area contributed by atoms with E-state index in [0.29, 0.717) is 0 Å². The van der Waals surface area contributed by atoms with E-state index in [2.05, 4.69) is 5.32 Å². The van der Waals surface area contributed by atoms with E-state index in [1.165, 1.54) is 12.1 Å². The Labute approximate surface area is 244 Å². The van der Waals surface area contributed by atoms with E-state index in [1.807, 2.05) is 0 Å². The third-order valence-corrected chi connectivity index (χ3v) is 7.99. The van der Waals surface area contributed by atoms with Crippen molar-refractivity contribution in [1.82, 2.24) is 5.32 Å². The second kappa shape index (κ2) is 14.1. The zero-order chi connectivity index (χ0) is 29.4. The number of rotatable bonds is 8. The molecule has 1 saturated heterocycles. The summed E-state index contributed by atoms with van der Waals surface area (Å²) in [4.78, 5) is 30.1. The third kappa shape index (κ3) is 7.65. The summed E-state index contributed by atoms with van der Waals surface area (Å²) in [6.45, 7) is -0.568. The first-order valence-electron chi connectivity index (χ1n) is 14.9. The van der Waals surface area contributed by atoms with Crippen LogP contribution in [0.1, 0.15) is 84.9 Å². The van der Waals surface area contributed by atoms with E-state index in [1.54, 1.807) is 48.5 Å². The van der Waals surface area contributed by atoms with Gasteiger partial charge in [0.05, 0.1) is 17.2 Å². The van der Waals surface area contributed by atoms with Gasteiger partial charge >= 0.3 is 17.9 Å². The molecule has 3 atom stereocenters. The molecule has 3 aliphatic rings. The summed E-state index contributed by atoms with van der Waals surface area (Å²) in [6.07, 6.45) is 4.23. The minimum atomic E-state index is -3.77. The number of aliphatic imine (C=N–C) groups is 1. The number of halogens is 2. The van der Waals surface area contributed by atoms with Crippen LogP contribution in [-0.2, 0) is 18.9 Å². The largest absolute Gasteiger partial charge is 0.459 e. The molecule has 2 aliphatic carbocycles. The lowest BCUT2D eigenvalue weighted by Crippen LogP contribution is -2.47. The van der Waals surface area contributed by atoms with E-state index in [9.17, 15) is 9.59 Å². The Morgan fingerprint density at radius 3 is 2.00 bits per heavy atom. The number of alkyl halides is 2. The van der Waals surface area contributed by atoms with Gasteiger partial charge in [-0.05, 0) is 49.9 Å². The van der Waals surface area contributed by atoms with Gasteiger partial charge in [-0.3, -0.25) is 0 Å². The van der Waals surface area contributed by atoms with E-state index >= 15 is 8.78 Å². The van der Waals surface area contributed by atoms with Crippen LogP contribution in [0.2, 0.25) is 0 Å². The highest BCUT2D eigenvalue weighted by atomic mass is 19.3. The van der Waals surface area contributed by atoms with Gasteiger partial charge in [0.2, 0.25) is 6.10 Å². The van der Waals surface area contributed by atoms with Crippen LogP contribution in [0, 0.1) is 0 Å². The second-order valence-electron chi connectivity index (χ2n) is 11.2. The van der Waals surface area contributed by atoms with Gasteiger partial charge < -0.3 is 24.3 Å². The monoisotopic (exact) mass is 584 g/mol. The fourth-order valence-corrected chi connectivity index (χ4v) is 5.66. The lowest BCUT2D eigenvalue weighted by molar-refractivity contribution is -0.193. The SMILES string of the molecule is O=C(OC[C@H]1O[C@H](OC(=NC2CCCCC2)NC2CCCCC2)C(F)(F)[C@H]1OC(=O)c1ccccc1)c1ccccc1. The first-order chi connectivity index (χ1) is 20.4. The van der Waals surface area contributed by atoms with Crippen molar-refractivity contribution in [2.75, 3.05) is 6.61 Å². The van der Waals surface area contributed by atoms with Crippen molar-refractivity contribution in [2.45, 2.75) is 101 Å². The van der Waals surface area contributed by atoms with Gasteiger partial charge in [-0.15, -0.1) is 0 Å². The first kappa shape index (κ1) is 29.9. The number of carbonyl (C=O) groups is 2. The zero-order valence-electron chi connectivity index (χ0n) is 23.6. The number of nitrogens with zero attached hydrogens (tertiary/aromatic N) is 1. The van der Waals surface area contributed by atoms with Gasteiger partial charge in [0, 0.05) is 6.04 Å². The number of carbonyl (C=O) groups excluding carboxylic acids is 2. The maximum absolute atomic E-state index is 16.0. The van der Waals surface area contributed by atoms with Gasteiger partial charge in [0.1, 0.15) is 12.7 Å². The number of benzene rings is 2. The normalized spacial score (nSPS) is 25.0. The topological polar surface area (TPSA) is 95.5 Å². The minimum Gasteiger partial charge on any atom is -0.459 e. The molecule has 1 aliphatic heterocycles. The zero-order valence-corrected chi connectivity index (χ0v) is 23.6. The number of hydrogen-bond acceptors (Lipinski definition) is 7. The molecule has 3 fully saturated rings. The molecule has 5 rings (SSSR count). The molecule has 2 aromatic rings.